The van der Waals surface area contributed by atoms with Crippen molar-refractivity contribution in [1.82, 2.24) is 0 Å². The first kappa shape index (κ1) is 22.2. The zero-order valence-electron chi connectivity index (χ0n) is 17.9. The fourth-order valence-corrected chi connectivity index (χ4v) is 12.4. The minimum absolute atomic E-state index is 0.0151. The average Bonchev–Trinajstić information content (AvgIpc) is 2.81. The van der Waals surface area contributed by atoms with Gasteiger partial charge in [0.2, 0.25) is 0 Å². The summed E-state index contributed by atoms with van der Waals surface area (Å²) in [5.74, 6) is 0. The fraction of sp³-hybridized carbons (Fsp3) is 0.333. The van der Waals surface area contributed by atoms with Crippen molar-refractivity contribution in [3.8, 4) is 0 Å². The second-order valence-electron chi connectivity index (χ2n) is 8.03. The second-order valence-corrected chi connectivity index (χ2v) is 15.5. The van der Waals surface area contributed by atoms with E-state index in [4.69, 9.17) is 0 Å². The summed E-state index contributed by atoms with van der Waals surface area (Å²) in [4.78, 5) is 0. The monoisotopic (exact) mass is 450 g/mol. The lowest BCUT2D eigenvalue weighted by molar-refractivity contribution is 1.03. The number of benzene rings is 3. The van der Waals surface area contributed by atoms with Gasteiger partial charge in [-0.15, -0.1) is 0 Å². The van der Waals surface area contributed by atoms with E-state index in [1.54, 1.807) is 15.9 Å². The smallest absolute Gasteiger partial charge is 0.0240 e. The van der Waals surface area contributed by atoms with Gasteiger partial charge in [-0.3, -0.25) is 0 Å². The Balaban J connectivity index is 1.52. The molecule has 156 valence electrons. The lowest BCUT2D eigenvalue weighted by Crippen LogP contribution is -2.14. The summed E-state index contributed by atoms with van der Waals surface area (Å²) >= 11 is 0. The molecule has 1 aliphatic heterocycles. The fourth-order valence-electron chi connectivity index (χ4n) is 4.38. The van der Waals surface area contributed by atoms with Gasteiger partial charge < -0.3 is 0 Å². The molecule has 3 aromatic rings. The summed E-state index contributed by atoms with van der Waals surface area (Å²) in [6.45, 7) is 0. The summed E-state index contributed by atoms with van der Waals surface area (Å²) in [7, 11) is -0.0452. The van der Waals surface area contributed by atoms with Crippen molar-refractivity contribution in [1.29, 1.82) is 0 Å². The van der Waals surface area contributed by atoms with Gasteiger partial charge in [0.15, 0.2) is 0 Å². The van der Waals surface area contributed by atoms with Crippen LogP contribution in [0, 0.1) is 0 Å². The van der Waals surface area contributed by atoms with Crippen molar-refractivity contribution in [2.45, 2.75) is 19.3 Å². The molecular weight excluding hydrogens is 417 g/mol. The summed E-state index contributed by atoms with van der Waals surface area (Å²) < 4.78 is 0. The summed E-state index contributed by atoms with van der Waals surface area (Å²) in [5.41, 5.74) is 0. The van der Waals surface area contributed by atoms with Crippen LogP contribution in [-0.2, 0) is 0 Å². The molecule has 0 bridgehead atoms. The SMILES string of the molecule is c1ccc(P2CCCP(c3ccccc3)CCCP(c3ccccc3)CCC2)cc1. The van der Waals surface area contributed by atoms with Crippen LogP contribution in [0.1, 0.15) is 19.3 Å². The molecule has 0 nitrogen and oxygen atoms in total. The molecule has 1 saturated heterocycles. The molecule has 1 heterocycles. The van der Waals surface area contributed by atoms with Crippen molar-refractivity contribution in [3.63, 3.8) is 0 Å². The van der Waals surface area contributed by atoms with E-state index >= 15 is 0 Å². The molecule has 0 aromatic heterocycles. The quantitative estimate of drug-likeness (QED) is 0.395. The Bertz CT molecular complexity index is 721. The summed E-state index contributed by atoms with van der Waals surface area (Å²) in [5, 5.41) is 4.87. The van der Waals surface area contributed by atoms with Gasteiger partial charge in [0.05, 0.1) is 0 Å². The Hall–Kier alpha value is -1.05. The molecule has 0 spiro atoms. The summed E-state index contributed by atoms with van der Waals surface area (Å²) in [6, 6.07) is 34.2. The first-order valence-electron chi connectivity index (χ1n) is 11.3. The lowest BCUT2D eigenvalue weighted by Gasteiger charge is -2.26. The third-order valence-electron chi connectivity index (χ3n) is 5.93. The molecule has 0 amide bonds. The van der Waals surface area contributed by atoms with Crippen molar-refractivity contribution in [2.75, 3.05) is 37.0 Å². The molecule has 0 unspecified atom stereocenters. The Morgan fingerprint density at radius 3 is 0.800 bits per heavy atom. The molecule has 3 heteroatoms. The van der Waals surface area contributed by atoms with Crippen LogP contribution in [-0.4, -0.2) is 37.0 Å². The molecule has 3 aromatic carbocycles. The van der Waals surface area contributed by atoms with Crippen LogP contribution >= 0.6 is 23.8 Å². The minimum Gasteiger partial charge on any atom is -0.0753 e. The maximum absolute atomic E-state index is 2.39. The van der Waals surface area contributed by atoms with Crippen LogP contribution in [0.15, 0.2) is 91.0 Å². The van der Waals surface area contributed by atoms with Crippen molar-refractivity contribution >= 4 is 39.7 Å². The molecule has 4 rings (SSSR count). The van der Waals surface area contributed by atoms with E-state index in [-0.39, 0.29) is 23.8 Å². The van der Waals surface area contributed by atoms with Crippen molar-refractivity contribution in [3.05, 3.63) is 91.0 Å². The Morgan fingerprint density at radius 1 is 0.333 bits per heavy atom. The van der Waals surface area contributed by atoms with Crippen LogP contribution in [0.25, 0.3) is 0 Å². The predicted molar refractivity (Wildman–Crippen MR) is 142 cm³/mol. The van der Waals surface area contributed by atoms with Gasteiger partial charge in [-0.25, -0.2) is 0 Å². The highest BCUT2D eigenvalue weighted by molar-refractivity contribution is 7.67. The third kappa shape index (κ3) is 6.47. The zero-order valence-corrected chi connectivity index (χ0v) is 20.5. The number of hydrogen-bond donors (Lipinski definition) is 0. The molecule has 0 saturated carbocycles. The largest absolute Gasteiger partial charge is 0.0753 e. The van der Waals surface area contributed by atoms with Crippen LogP contribution in [0.2, 0.25) is 0 Å². The van der Waals surface area contributed by atoms with Gasteiger partial charge >= 0.3 is 0 Å². The Morgan fingerprint density at radius 2 is 0.567 bits per heavy atom. The van der Waals surface area contributed by atoms with E-state index in [0.717, 1.165) is 0 Å². The second kappa shape index (κ2) is 12.1. The number of hydrogen-bond acceptors (Lipinski definition) is 0. The van der Waals surface area contributed by atoms with Crippen LogP contribution in [0.5, 0.6) is 0 Å². The molecule has 0 aliphatic carbocycles. The normalized spacial score (nSPS) is 23.8. The molecule has 0 N–H and O–H groups in total. The number of rotatable bonds is 3. The lowest BCUT2D eigenvalue weighted by atomic mass is 10.4. The average molecular weight is 450 g/mol. The van der Waals surface area contributed by atoms with Crippen LogP contribution in [0.3, 0.4) is 0 Å². The van der Waals surface area contributed by atoms with Crippen LogP contribution < -0.4 is 15.9 Å². The summed E-state index contributed by atoms with van der Waals surface area (Å²) in [6.07, 6.45) is 12.7. The van der Waals surface area contributed by atoms with Crippen molar-refractivity contribution in [2.24, 2.45) is 0 Å². The van der Waals surface area contributed by atoms with E-state index in [9.17, 15) is 0 Å². The molecule has 30 heavy (non-hydrogen) atoms. The maximum atomic E-state index is 2.39. The Kier molecular flexibility index (Phi) is 8.94. The Labute approximate surface area is 186 Å². The highest BCUT2D eigenvalue weighted by atomic mass is 31.1. The van der Waals surface area contributed by atoms with E-state index < -0.39 is 0 Å². The predicted octanol–water partition coefficient (Wildman–Crippen LogP) is 6.59. The first-order valence-corrected chi connectivity index (χ1v) is 16.4. The third-order valence-corrected chi connectivity index (χ3v) is 14.2. The molecule has 1 aliphatic rings. The first-order chi connectivity index (χ1) is 14.9. The maximum Gasteiger partial charge on any atom is -0.0240 e. The highest BCUT2D eigenvalue weighted by Crippen LogP contribution is 2.45. The molecular formula is C27H33P3. The van der Waals surface area contributed by atoms with Gasteiger partial charge in [-0.1, -0.05) is 115 Å². The van der Waals surface area contributed by atoms with Crippen LogP contribution in [0.4, 0.5) is 0 Å². The zero-order chi connectivity index (χ0) is 20.4. The van der Waals surface area contributed by atoms with E-state index in [2.05, 4.69) is 91.0 Å². The molecule has 0 radical (unpaired) electrons. The van der Waals surface area contributed by atoms with Gasteiger partial charge in [0.25, 0.3) is 0 Å². The topological polar surface area (TPSA) is 0 Å². The van der Waals surface area contributed by atoms with E-state index in [1.165, 1.54) is 56.2 Å². The van der Waals surface area contributed by atoms with Gasteiger partial charge in [0.1, 0.15) is 0 Å². The van der Waals surface area contributed by atoms with E-state index in [0.29, 0.717) is 0 Å². The van der Waals surface area contributed by atoms with E-state index in [1.807, 2.05) is 0 Å². The highest BCUT2D eigenvalue weighted by Gasteiger charge is 2.18. The minimum atomic E-state index is -0.0151. The van der Waals surface area contributed by atoms with Crippen molar-refractivity contribution < 1.29 is 0 Å². The molecule has 0 atom stereocenters. The standard InChI is InChI=1S/C27H33P3/c1-4-13-25(14-5-1)28-19-10-21-29(26-15-6-2-7-16-26)23-12-24-30(22-11-20-28)27-17-8-3-9-18-27/h1-9,13-18H,10-12,19-24H2. The van der Waals surface area contributed by atoms with Gasteiger partial charge in [-0.05, 0) is 72.1 Å². The van der Waals surface area contributed by atoms with Gasteiger partial charge in [0, 0.05) is 0 Å². The van der Waals surface area contributed by atoms with Gasteiger partial charge in [-0.2, -0.15) is 0 Å². The molecule has 1 fully saturated rings.